The van der Waals surface area contributed by atoms with Gasteiger partial charge in [-0.15, -0.1) is 35.3 Å². The minimum Gasteiger partial charge on any atom is -0.443 e. The second-order valence-electron chi connectivity index (χ2n) is 6.53. The van der Waals surface area contributed by atoms with Crippen molar-refractivity contribution in [1.82, 2.24) is 20.1 Å². The van der Waals surface area contributed by atoms with Gasteiger partial charge in [-0.05, 0) is 25.3 Å². The molecule has 0 saturated carbocycles. The first-order chi connectivity index (χ1) is 13.4. The van der Waals surface area contributed by atoms with Crippen molar-refractivity contribution in [2.75, 3.05) is 32.7 Å². The monoisotopic (exact) mass is 543 g/mol. The summed E-state index contributed by atoms with van der Waals surface area (Å²) in [5.41, 5.74) is 0.711. The SMILES string of the molecule is CCNC(=NCc1coc(-c2cccs2)n1)N1CCN(C(C)C(F)(F)F)CC1.I. The number of hydrogen-bond acceptors (Lipinski definition) is 5. The van der Waals surface area contributed by atoms with E-state index in [0.29, 0.717) is 56.8 Å². The molecule has 1 unspecified atom stereocenters. The Morgan fingerprint density at radius 1 is 1.34 bits per heavy atom. The molecule has 3 heterocycles. The van der Waals surface area contributed by atoms with Crippen LogP contribution in [0.15, 0.2) is 33.2 Å². The maximum Gasteiger partial charge on any atom is 0.403 e. The van der Waals surface area contributed by atoms with Crippen LogP contribution in [0.2, 0.25) is 0 Å². The lowest BCUT2D eigenvalue weighted by atomic mass is 10.2. The molecule has 1 fully saturated rings. The zero-order valence-electron chi connectivity index (χ0n) is 16.3. The predicted octanol–water partition coefficient (Wildman–Crippen LogP) is 4.06. The van der Waals surface area contributed by atoms with Crippen LogP contribution in [0.4, 0.5) is 13.2 Å². The van der Waals surface area contributed by atoms with Crippen LogP contribution in [0.5, 0.6) is 0 Å². The second kappa shape index (κ2) is 10.6. The molecule has 0 bridgehead atoms. The van der Waals surface area contributed by atoms with Gasteiger partial charge >= 0.3 is 6.18 Å². The molecule has 2 aromatic heterocycles. The fraction of sp³-hybridized carbons (Fsp3) is 0.556. The molecule has 1 aliphatic rings. The lowest BCUT2D eigenvalue weighted by Gasteiger charge is -2.39. The van der Waals surface area contributed by atoms with Crippen LogP contribution < -0.4 is 5.32 Å². The van der Waals surface area contributed by atoms with E-state index < -0.39 is 12.2 Å². The summed E-state index contributed by atoms with van der Waals surface area (Å²) in [6.45, 7) is 5.87. The van der Waals surface area contributed by atoms with Crippen LogP contribution in [-0.2, 0) is 6.54 Å². The van der Waals surface area contributed by atoms with Crippen molar-refractivity contribution in [3.05, 3.63) is 29.5 Å². The van der Waals surface area contributed by atoms with Crippen molar-refractivity contribution in [2.24, 2.45) is 4.99 Å². The first kappa shape index (κ1) is 23.9. The summed E-state index contributed by atoms with van der Waals surface area (Å²) in [6.07, 6.45) is -2.61. The topological polar surface area (TPSA) is 56.9 Å². The second-order valence-corrected chi connectivity index (χ2v) is 7.48. The first-order valence-corrected chi connectivity index (χ1v) is 10.1. The summed E-state index contributed by atoms with van der Waals surface area (Å²) in [4.78, 5) is 13.5. The number of guanidine groups is 1. The Kier molecular flexibility index (Phi) is 8.76. The van der Waals surface area contributed by atoms with Crippen molar-refractivity contribution in [3.63, 3.8) is 0 Å². The molecule has 1 aliphatic heterocycles. The number of piperazine rings is 1. The van der Waals surface area contributed by atoms with Gasteiger partial charge in [0, 0.05) is 32.7 Å². The Labute approximate surface area is 189 Å². The van der Waals surface area contributed by atoms with Crippen LogP contribution >= 0.6 is 35.3 Å². The van der Waals surface area contributed by atoms with Crippen molar-refractivity contribution < 1.29 is 17.6 Å². The van der Waals surface area contributed by atoms with Gasteiger partial charge in [-0.3, -0.25) is 4.90 Å². The molecule has 29 heavy (non-hydrogen) atoms. The maximum atomic E-state index is 12.9. The normalized spacial score (nSPS) is 17.1. The quantitative estimate of drug-likeness (QED) is 0.351. The molecular formula is C18H25F3IN5OS. The molecule has 6 nitrogen and oxygen atoms in total. The van der Waals surface area contributed by atoms with E-state index in [1.807, 2.05) is 29.3 Å². The van der Waals surface area contributed by atoms with Crippen LogP contribution in [0.3, 0.4) is 0 Å². The molecule has 3 rings (SSSR count). The van der Waals surface area contributed by atoms with Gasteiger partial charge in [0.25, 0.3) is 0 Å². The third kappa shape index (κ3) is 6.32. The lowest BCUT2D eigenvalue weighted by Crippen LogP contribution is -2.56. The molecule has 1 N–H and O–H groups in total. The Morgan fingerprint density at radius 3 is 2.66 bits per heavy atom. The lowest BCUT2D eigenvalue weighted by molar-refractivity contribution is -0.181. The number of nitrogens with one attached hydrogen (secondary N) is 1. The van der Waals surface area contributed by atoms with E-state index >= 15 is 0 Å². The van der Waals surface area contributed by atoms with E-state index in [9.17, 15) is 13.2 Å². The fourth-order valence-electron chi connectivity index (χ4n) is 3.00. The zero-order chi connectivity index (χ0) is 20.1. The number of oxazole rings is 1. The van der Waals surface area contributed by atoms with Crippen molar-refractivity contribution in [1.29, 1.82) is 0 Å². The zero-order valence-corrected chi connectivity index (χ0v) is 19.4. The highest BCUT2D eigenvalue weighted by Gasteiger charge is 2.41. The van der Waals surface area contributed by atoms with Gasteiger partial charge in [0.05, 0.1) is 11.4 Å². The van der Waals surface area contributed by atoms with Crippen LogP contribution in [0, 0.1) is 0 Å². The molecule has 162 valence electrons. The Bertz CT molecular complexity index is 773. The average molecular weight is 543 g/mol. The van der Waals surface area contributed by atoms with Gasteiger partial charge in [-0.1, -0.05) is 6.07 Å². The van der Waals surface area contributed by atoms with Gasteiger partial charge in [0.15, 0.2) is 5.96 Å². The molecule has 0 aliphatic carbocycles. The van der Waals surface area contributed by atoms with E-state index in [4.69, 9.17) is 4.42 Å². The van der Waals surface area contributed by atoms with E-state index in [2.05, 4.69) is 15.3 Å². The Morgan fingerprint density at radius 2 is 2.07 bits per heavy atom. The van der Waals surface area contributed by atoms with Crippen LogP contribution in [0.1, 0.15) is 19.5 Å². The molecular weight excluding hydrogens is 518 g/mol. The molecule has 0 aromatic carbocycles. The number of aliphatic imine (C=N–C) groups is 1. The molecule has 1 atom stereocenters. The maximum absolute atomic E-state index is 12.9. The van der Waals surface area contributed by atoms with Crippen LogP contribution in [-0.4, -0.2) is 65.7 Å². The fourth-order valence-corrected chi connectivity index (χ4v) is 3.66. The minimum absolute atomic E-state index is 0. The van der Waals surface area contributed by atoms with Crippen LogP contribution in [0.25, 0.3) is 10.8 Å². The van der Waals surface area contributed by atoms with Gasteiger partial charge in [0.1, 0.15) is 18.0 Å². The van der Waals surface area contributed by atoms with Crippen molar-refractivity contribution in [2.45, 2.75) is 32.6 Å². The Hall–Kier alpha value is -1.34. The highest BCUT2D eigenvalue weighted by Crippen LogP contribution is 2.25. The van der Waals surface area contributed by atoms with Gasteiger partial charge < -0.3 is 14.6 Å². The molecule has 0 spiro atoms. The minimum atomic E-state index is -4.20. The summed E-state index contributed by atoms with van der Waals surface area (Å²) in [5.74, 6) is 1.25. The molecule has 0 radical (unpaired) electrons. The largest absolute Gasteiger partial charge is 0.443 e. The number of hydrogen-bond donors (Lipinski definition) is 1. The standard InChI is InChI=1S/C18H24F3N5OS.HI/c1-3-22-17(26-8-6-25(7-9-26)13(2)18(19,20)21)23-11-14-12-27-16(24-14)15-5-4-10-28-15;/h4-5,10,12-13H,3,6-9,11H2,1-2H3,(H,22,23);1H. The number of alkyl halides is 3. The smallest absolute Gasteiger partial charge is 0.403 e. The van der Waals surface area contributed by atoms with Crippen molar-refractivity contribution >= 4 is 41.3 Å². The number of thiophene rings is 1. The highest BCUT2D eigenvalue weighted by molar-refractivity contribution is 14.0. The summed E-state index contributed by atoms with van der Waals surface area (Å²) >= 11 is 1.55. The first-order valence-electron chi connectivity index (χ1n) is 9.20. The highest BCUT2D eigenvalue weighted by atomic mass is 127. The van der Waals surface area contributed by atoms with E-state index in [-0.39, 0.29) is 24.0 Å². The molecule has 11 heteroatoms. The van der Waals surface area contributed by atoms with E-state index in [0.717, 1.165) is 4.88 Å². The Balaban J connectivity index is 0.00000300. The van der Waals surface area contributed by atoms with E-state index in [1.165, 1.54) is 11.8 Å². The number of nitrogens with zero attached hydrogens (tertiary/aromatic N) is 4. The molecule has 1 saturated heterocycles. The summed E-state index contributed by atoms with van der Waals surface area (Å²) in [5, 5.41) is 5.17. The van der Waals surface area contributed by atoms with Gasteiger partial charge in [0.2, 0.25) is 5.89 Å². The third-order valence-electron chi connectivity index (χ3n) is 4.64. The predicted molar refractivity (Wildman–Crippen MR) is 119 cm³/mol. The molecule has 2 aromatic rings. The molecule has 0 amide bonds. The summed E-state index contributed by atoms with van der Waals surface area (Å²) in [7, 11) is 0. The van der Waals surface area contributed by atoms with Gasteiger partial charge in [-0.25, -0.2) is 9.98 Å². The summed E-state index contributed by atoms with van der Waals surface area (Å²) < 4.78 is 44.3. The average Bonchev–Trinajstić information content (AvgIpc) is 3.35. The number of halogens is 4. The number of rotatable bonds is 5. The van der Waals surface area contributed by atoms with Crippen molar-refractivity contribution in [3.8, 4) is 10.8 Å². The number of aromatic nitrogens is 1. The summed E-state index contributed by atoms with van der Waals surface area (Å²) in [6, 6.07) is 2.44. The van der Waals surface area contributed by atoms with E-state index in [1.54, 1.807) is 17.6 Å². The third-order valence-corrected chi connectivity index (χ3v) is 5.50. The van der Waals surface area contributed by atoms with Gasteiger partial charge in [-0.2, -0.15) is 13.2 Å².